The Morgan fingerprint density at radius 3 is 2.86 bits per heavy atom. The number of anilines is 1. The molecule has 3 heterocycles. The Labute approximate surface area is 161 Å². The lowest BCUT2D eigenvalue weighted by Crippen LogP contribution is -2.45. The largest absolute Gasteiger partial charge is 0.452 e. The molecule has 0 aromatic carbocycles. The van der Waals surface area contributed by atoms with Crippen molar-refractivity contribution in [2.24, 2.45) is 10.7 Å². The Morgan fingerprint density at radius 2 is 2.25 bits per heavy atom. The Bertz CT molecular complexity index is 964. The van der Waals surface area contributed by atoms with Gasteiger partial charge in [0.1, 0.15) is 17.3 Å². The molecular weight excluding hydrogens is 395 g/mol. The number of carbonyl (C=O) groups excluding carboxylic acids is 1. The number of thiophene rings is 1. The van der Waals surface area contributed by atoms with Crippen LogP contribution in [0.3, 0.4) is 0 Å². The highest BCUT2D eigenvalue weighted by Crippen LogP contribution is 2.42. The van der Waals surface area contributed by atoms with Crippen molar-refractivity contribution >= 4 is 29.0 Å². The molecule has 2 atom stereocenters. The molecule has 11 heteroatoms. The molecule has 0 saturated carbocycles. The maximum Gasteiger partial charge on any atom is 0.425 e. The monoisotopic (exact) mass is 409 g/mol. The summed E-state index contributed by atoms with van der Waals surface area (Å²) in [6, 6.07) is 5.77. The van der Waals surface area contributed by atoms with Crippen molar-refractivity contribution in [3.63, 3.8) is 0 Å². The Kier molecular flexibility index (Phi) is 4.99. The van der Waals surface area contributed by atoms with Crippen LogP contribution in [0.1, 0.15) is 34.3 Å². The van der Waals surface area contributed by atoms with E-state index in [0.29, 0.717) is 16.1 Å². The molecular formula is C17H14F3N5O2S. The Morgan fingerprint density at radius 1 is 1.50 bits per heavy atom. The fourth-order valence-corrected chi connectivity index (χ4v) is 3.63. The second kappa shape index (κ2) is 7.12. The number of alkyl halides is 3. The number of hydrogen-bond donors (Lipinski definition) is 2. The summed E-state index contributed by atoms with van der Waals surface area (Å²) in [7, 11) is 0. The number of amides is 1. The lowest BCUT2D eigenvalue weighted by molar-refractivity contribution is -0.208. The number of nitrogens with two attached hydrogens (primary N) is 1. The van der Waals surface area contributed by atoms with Crippen molar-refractivity contribution in [1.29, 1.82) is 5.26 Å². The van der Waals surface area contributed by atoms with E-state index in [2.05, 4.69) is 20.0 Å². The van der Waals surface area contributed by atoms with Crippen LogP contribution in [0.15, 0.2) is 34.8 Å². The molecule has 2 aromatic heterocycles. The highest BCUT2D eigenvalue weighted by atomic mass is 32.1. The molecule has 146 valence electrons. The molecule has 0 aliphatic carbocycles. The van der Waals surface area contributed by atoms with Crippen LogP contribution in [0.2, 0.25) is 0 Å². The lowest BCUT2D eigenvalue weighted by atomic mass is 9.92. The molecule has 2 aromatic rings. The molecule has 1 aliphatic heterocycles. The maximum absolute atomic E-state index is 13.1. The summed E-state index contributed by atoms with van der Waals surface area (Å²) in [6.07, 6.45) is -5.79. The van der Waals surface area contributed by atoms with Gasteiger partial charge in [-0.2, -0.15) is 18.4 Å². The second-order valence-corrected chi connectivity index (χ2v) is 7.19. The molecule has 1 amide bonds. The highest BCUT2D eigenvalue weighted by molar-refractivity contribution is 7.10. The van der Waals surface area contributed by atoms with E-state index in [1.165, 1.54) is 25.3 Å². The normalized spacial score (nSPS) is 22.0. The van der Waals surface area contributed by atoms with Gasteiger partial charge in [-0.05, 0) is 25.1 Å². The zero-order valence-electron chi connectivity index (χ0n) is 14.4. The van der Waals surface area contributed by atoms with E-state index < -0.39 is 36.2 Å². The number of rotatable bonds is 3. The number of aromatic nitrogens is 1. The molecule has 3 N–H and O–H groups in total. The third-order valence-corrected chi connectivity index (χ3v) is 5.26. The number of nitrogens with zero attached hydrogens (tertiary/aromatic N) is 3. The average molecular weight is 409 g/mol. The molecule has 28 heavy (non-hydrogen) atoms. The van der Waals surface area contributed by atoms with E-state index in [4.69, 9.17) is 11.0 Å². The van der Waals surface area contributed by atoms with Gasteiger partial charge in [-0.15, -0.1) is 11.3 Å². The van der Waals surface area contributed by atoms with Gasteiger partial charge < -0.3 is 15.8 Å². The number of aliphatic imine (C=N–C) groups is 1. The first-order valence-electron chi connectivity index (χ1n) is 7.96. The first kappa shape index (κ1) is 19.6. The average Bonchev–Trinajstić information content (AvgIpc) is 3.10. The minimum atomic E-state index is -4.57. The van der Waals surface area contributed by atoms with Gasteiger partial charge in [0.15, 0.2) is 6.10 Å². The van der Waals surface area contributed by atoms with Crippen molar-refractivity contribution in [1.82, 2.24) is 4.98 Å². The number of ether oxygens (including phenoxy) is 1. The molecule has 0 radical (unpaired) electrons. The van der Waals surface area contributed by atoms with Crippen molar-refractivity contribution in [3.8, 4) is 6.07 Å². The smallest absolute Gasteiger partial charge is 0.425 e. The summed E-state index contributed by atoms with van der Waals surface area (Å²) in [5.74, 6) is -0.512. The SMILES string of the molecule is C[C@]1(c2cc(NC(=O)c3ccc(C#N)cn3)cs2)C[C@@H](C(F)(F)F)OC(N)=N1. The Hall–Kier alpha value is -3.13. The number of amidine groups is 1. The fourth-order valence-electron chi connectivity index (χ4n) is 2.68. The molecule has 0 unspecified atom stereocenters. The van der Waals surface area contributed by atoms with Crippen LogP contribution in [-0.4, -0.2) is 29.2 Å². The number of pyridine rings is 1. The summed E-state index contributed by atoms with van der Waals surface area (Å²) in [6.45, 7) is 1.53. The summed E-state index contributed by atoms with van der Waals surface area (Å²) < 4.78 is 43.9. The molecule has 0 bridgehead atoms. The third kappa shape index (κ3) is 4.07. The van der Waals surface area contributed by atoms with E-state index in [1.807, 2.05) is 6.07 Å². The van der Waals surface area contributed by atoms with Crippen LogP contribution in [0.5, 0.6) is 0 Å². The topological polar surface area (TPSA) is 113 Å². The lowest BCUT2D eigenvalue weighted by Gasteiger charge is -2.34. The number of carbonyl (C=O) groups is 1. The van der Waals surface area contributed by atoms with Crippen molar-refractivity contribution in [3.05, 3.63) is 45.9 Å². The Balaban J connectivity index is 1.78. The third-order valence-electron chi connectivity index (χ3n) is 4.08. The number of nitriles is 1. The van der Waals surface area contributed by atoms with Crippen LogP contribution in [-0.2, 0) is 10.3 Å². The number of nitrogens with one attached hydrogen (secondary N) is 1. The summed E-state index contributed by atoms with van der Waals surface area (Å²) >= 11 is 1.15. The van der Waals surface area contributed by atoms with Crippen molar-refractivity contribution < 1.29 is 22.7 Å². The first-order chi connectivity index (χ1) is 13.1. The van der Waals surface area contributed by atoms with Crippen molar-refractivity contribution in [2.75, 3.05) is 5.32 Å². The second-order valence-electron chi connectivity index (χ2n) is 6.27. The molecule has 0 fully saturated rings. The van der Waals surface area contributed by atoms with Crippen LogP contribution in [0, 0.1) is 11.3 Å². The predicted octanol–water partition coefficient (Wildman–Crippen LogP) is 3.15. The van der Waals surface area contributed by atoms with Crippen LogP contribution < -0.4 is 11.1 Å². The summed E-state index contributed by atoms with van der Waals surface area (Å²) in [4.78, 5) is 20.7. The molecule has 0 spiro atoms. The van der Waals surface area contributed by atoms with Gasteiger partial charge in [0.25, 0.3) is 11.9 Å². The highest BCUT2D eigenvalue weighted by Gasteiger charge is 2.49. The van der Waals surface area contributed by atoms with E-state index >= 15 is 0 Å². The van der Waals surface area contributed by atoms with E-state index in [0.717, 1.165) is 11.3 Å². The maximum atomic E-state index is 13.1. The standard InChI is InChI=1S/C17H14F3N5O2S/c1-16(5-12(17(18,19)20)27-15(22)25-16)13-4-10(8-28-13)24-14(26)11-3-2-9(6-21)7-23-11/h2-4,7-8,12H,5H2,1H3,(H2,22,25)(H,24,26)/t12-,16+/m0/s1. The predicted molar refractivity (Wildman–Crippen MR) is 95.7 cm³/mol. The van der Waals surface area contributed by atoms with E-state index in [9.17, 15) is 18.0 Å². The zero-order valence-corrected chi connectivity index (χ0v) is 15.3. The summed E-state index contributed by atoms with van der Waals surface area (Å²) in [5.41, 5.74) is 5.03. The quantitative estimate of drug-likeness (QED) is 0.809. The number of halogens is 3. The van der Waals surface area contributed by atoms with Gasteiger partial charge in [-0.1, -0.05) is 0 Å². The first-order valence-corrected chi connectivity index (χ1v) is 8.84. The van der Waals surface area contributed by atoms with E-state index in [-0.39, 0.29) is 5.69 Å². The molecule has 3 rings (SSSR count). The molecule has 7 nitrogen and oxygen atoms in total. The molecule has 1 aliphatic rings. The van der Waals surface area contributed by atoms with Crippen molar-refractivity contribution in [2.45, 2.75) is 31.2 Å². The fraction of sp³-hybridized carbons (Fsp3) is 0.294. The van der Waals surface area contributed by atoms with E-state index in [1.54, 1.807) is 11.4 Å². The van der Waals surface area contributed by atoms with Crippen LogP contribution in [0.25, 0.3) is 0 Å². The minimum Gasteiger partial charge on any atom is -0.452 e. The van der Waals surface area contributed by atoms with Crippen LogP contribution >= 0.6 is 11.3 Å². The number of hydrogen-bond acceptors (Lipinski definition) is 7. The van der Waals surface area contributed by atoms with Gasteiger partial charge >= 0.3 is 6.18 Å². The van der Waals surface area contributed by atoms with Gasteiger partial charge in [0.05, 0.1) is 11.3 Å². The van der Waals surface area contributed by atoms with Gasteiger partial charge in [0.2, 0.25) is 0 Å². The minimum absolute atomic E-state index is 0.100. The molecule has 0 saturated heterocycles. The van der Waals surface area contributed by atoms with Gasteiger partial charge in [-0.25, -0.2) is 9.98 Å². The van der Waals surface area contributed by atoms with Gasteiger partial charge in [0, 0.05) is 22.9 Å². The summed E-state index contributed by atoms with van der Waals surface area (Å²) in [5, 5.41) is 13.0. The van der Waals surface area contributed by atoms with Crippen LogP contribution in [0.4, 0.5) is 18.9 Å². The zero-order chi connectivity index (χ0) is 20.5. The van der Waals surface area contributed by atoms with Gasteiger partial charge in [-0.3, -0.25) is 4.79 Å².